The molecule has 0 saturated carbocycles. The maximum absolute atomic E-state index is 9.68. The van der Waals surface area contributed by atoms with Crippen molar-refractivity contribution in [1.82, 2.24) is 5.32 Å². The second-order valence-corrected chi connectivity index (χ2v) is 4.12. The van der Waals surface area contributed by atoms with Crippen LogP contribution in [0.25, 0.3) is 0 Å². The predicted octanol–water partition coefficient (Wildman–Crippen LogP) is -0.0687. The zero-order valence-corrected chi connectivity index (χ0v) is 14.6. The molecule has 1 aliphatic heterocycles. The molecule has 2 rings (SSSR count). The molecule has 1 fully saturated rings. The van der Waals surface area contributed by atoms with Gasteiger partial charge in [0.25, 0.3) is 0 Å². The van der Waals surface area contributed by atoms with E-state index in [0.29, 0.717) is 13.0 Å². The van der Waals surface area contributed by atoms with E-state index in [1.165, 1.54) is 0 Å². The smallest absolute Gasteiger partial charge is 0.118 e. The first-order chi connectivity index (χ1) is 7.70. The van der Waals surface area contributed by atoms with Crippen molar-refractivity contribution in [2.24, 2.45) is 0 Å². The van der Waals surface area contributed by atoms with E-state index in [2.05, 4.69) is 5.32 Å². The monoisotopic (exact) mass is 450 g/mol. The molecule has 1 heterocycles. The average molecular weight is 450 g/mol. The summed E-state index contributed by atoms with van der Waals surface area (Å²) in [5.41, 5.74) is 1.12. The number of hydrogen-bond acceptors (Lipinski definition) is 4. The fourth-order valence-electron chi connectivity index (χ4n) is 1.99. The van der Waals surface area contributed by atoms with Crippen LogP contribution in [-0.4, -0.2) is 42.1 Å². The van der Waals surface area contributed by atoms with Crippen LogP contribution >= 0.6 is 0 Å². The van der Waals surface area contributed by atoms with Crippen molar-refractivity contribution in [3.8, 4) is 5.75 Å². The van der Waals surface area contributed by atoms with Crippen LogP contribution < -0.4 is 10.1 Å². The average Bonchev–Trinajstić information content (AvgIpc) is 2.62. The SMILES string of the molecule is COc1ccc(CC2NCC(O)C2O)cc1.[Ac]. The third kappa shape index (κ3) is 3.90. The number of β-amino-alcohol motifs (C(OH)–C–C–N with tert-alkyl or cyclic N) is 1. The fourth-order valence-corrected chi connectivity index (χ4v) is 1.99. The summed E-state index contributed by atoms with van der Waals surface area (Å²) in [6.45, 7) is 0.460. The van der Waals surface area contributed by atoms with Gasteiger partial charge in [0.1, 0.15) is 5.75 Å². The van der Waals surface area contributed by atoms with E-state index in [-0.39, 0.29) is 50.1 Å². The Morgan fingerprint density at radius 2 is 1.94 bits per heavy atom. The molecule has 0 bridgehead atoms. The first kappa shape index (κ1) is 15.4. The van der Waals surface area contributed by atoms with Gasteiger partial charge in [-0.05, 0) is 24.1 Å². The quantitative estimate of drug-likeness (QED) is 0.604. The Bertz CT molecular complexity index is 344. The summed E-state index contributed by atoms with van der Waals surface area (Å²) in [4.78, 5) is 0. The summed E-state index contributed by atoms with van der Waals surface area (Å²) >= 11 is 0. The second kappa shape index (κ2) is 7.06. The fraction of sp³-hybridized carbons (Fsp3) is 0.500. The van der Waals surface area contributed by atoms with Gasteiger partial charge in [0, 0.05) is 56.6 Å². The molecule has 1 radical (unpaired) electrons. The molecule has 91 valence electrons. The molecular weight excluding hydrogens is 433 g/mol. The third-order valence-corrected chi connectivity index (χ3v) is 3.01. The minimum absolute atomic E-state index is 0. The van der Waals surface area contributed by atoms with Crippen LogP contribution in [0.5, 0.6) is 5.75 Å². The standard InChI is InChI=1S/C12H17NO3.Ac/c1-16-9-4-2-8(3-5-9)6-10-12(15)11(14)7-13-10;/h2-5,10-15H,6-7H2,1H3;. The van der Waals surface area contributed by atoms with Gasteiger partial charge in [0.05, 0.1) is 19.3 Å². The number of nitrogens with one attached hydrogen (secondary N) is 1. The number of methoxy groups -OCH3 is 1. The maximum atomic E-state index is 9.68. The molecule has 1 aromatic rings. The minimum atomic E-state index is -0.679. The van der Waals surface area contributed by atoms with Crippen molar-refractivity contribution in [3.05, 3.63) is 29.8 Å². The van der Waals surface area contributed by atoms with E-state index < -0.39 is 12.2 Å². The number of aliphatic hydroxyl groups is 2. The van der Waals surface area contributed by atoms with Crippen molar-refractivity contribution < 1.29 is 59.0 Å². The van der Waals surface area contributed by atoms with Gasteiger partial charge in [-0.2, -0.15) is 0 Å². The van der Waals surface area contributed by atoms with Crippen molar-refractivity contribution >= 4 is 0 Å². The molecule has 0 spiro atoms. The summed E-state index contributed by atoms with van der Waals surface area (Å²) < 4.78 is 5.07. The number of benzene rings is 1. The van der Waals surface area contributed by atoms with E-state index in [1.54, 1.807) is 7.11 Å². The molecule has 0 aromatic heterocycles. The van der Waals surface area contributed by atoms with Crippen LogP contribution in [0.2, 0.25) is 0 Å². The molecule has 5 heteroatoms. The summed E-state index contributed by atoms with van der Waals surface area (Å²) in [6, 6.07) is 7.67. The van der Waals surface area contributed by atoms with Crippen LogP contribution in [0, 0.1) is 44.1 Å². The number of ether oxygens (including phenoxy) is 1. The van der Waals surface area contributed by atoms with Gasteiger partial charge in [-0.25, -0.2) is 0 Å². The van der Waals surface area contributed by atoms with E-state index in [1.807, 2.05) is 24.3 Å². The van der Waals surface area contributed by atoms with Crippen molar-refractivity contribution in [3.63, 3.8) is 0 Å². The van der Waals surface area contributed by atoms with Gasteiger partial charge in [-0.3, -0.25) is 0 Å². The summed E-state index contributed by atoms with van der Waals surface area (Å²) in [7, 11) is 1.63. The van der Waals surface area contributed by atoms with Gasteiger partial charge in [-0.15, -0.1) is 0 Å². The number of rotatable bonds is 3. The molecular formula is C12H17AcNO3. The van der Waals surface area contributed by atoms with Gasteiger partial charge in [0.15, 0.2) is 0 Å². The molecule has 3 atom stereocenters. The van der Waals surface area contributed by atoms with E-state index in [0.717, 1.165) is 11.3 Å². The third-order valence-electron chi connectivity index (χ3n) is 3.01. The normalized spacial score (nSPS) is 27.6. The molecule has 3 N–H and O–H groups in total. The molecule has 17 heavy (non-hydrogen) atoms. The number of hydrogen-bond donors (Lipinski definition) is 3. The summed E-state index contributed by atoms with van der Waals surface area (Å²) in [5, 5.41) is 22.2. The molecule has 3 unspecified atom stereocenters. The first-order valence-electron chi connectivity index (χ1n) is 5.43. The van der Waals surface area contributed by atoms with Crippen LogP contribution in [-0.2, 0) is 6.42 Å². The van der Waals surface area contributed by atoms with E-state index >= 15 is 0 Å². The molecule has 1 saturated heterocycles. The minimum Gasteiger partial charge on any atom is -0.497 e. The Balaban J connectivity index is 0.00000144. The molecule has 1 aliphatic rings. The van der Waals surface area contributed by atoms with Gasteiger partial charge < -0.3 is 20.3 Å². The summed E-state index contributed by atoms with van der Waals surface area (Å²) in [5.74, 6) is 0.823. The van der Waals surface area contributed by atoms with Crippen molar-refractivity contribution in [1.29, 1.82) is 0 Å². The molecule has 0 amide bonds. The zero-order valence-electron chi connectivity index (χ0n) is 9.84. The molecule has 4 nitrogen and oxygen atoms in total. The number of aliphatic hydroxyl groups excluding tert-OH is 2. The zero-order chi connectivity index (χ0) is 11.5. The van der Waals surface area contributed by atoms with Crippen molar-refractivity contribution in [2.45, 2.75) is 24.7 Å². The Labute approximate surface area is 137 Å². The Morgan fingerprint density at radius 1 is 1.29 bits per heavy atom. The van der Waals surface area contributed by atoms with Crippen LogP contribution in [0.1, 0.15) is 5.56 Å². The maximum Gasteiger partial charge on any atom is 0.118 e. The van der Waals surface area contributed by atoms with Crippen LogP contribution in [0.3, 0.4) is 0 Å². The van der Waals surface area contributed by atoms with Gasteiger partial charge >= 0.3 is 0 Å². The second-order valence-electron chi connectivity index (χ2n) is 4.12. The van der Waals surface area contributed by atoms with Gasteiger partial charge in [-0.1, -0.05) is 12.1 Å². The largest absolute Gasteiger partial charge is 0.497 e. The molecule has 1 aromatic carbocycles. The topological polar surface area (TPSA) is 61.7 Å². The van der Waals surface area contributed by atoms with Crippen molar-refractivity contribution in [2.75, 3.05) is 13.7 Å². The summed E-state index contributed by atoms with van der Waals surface area (Å²) in [6.07, 6.45) is -0.618. The predicted molar refractivity (Wildman–Crippen MR) is 60.5 cm³/mol. The van der Waals surface area contributed by atoms with Crippen LogP contribution in [0.15, 0.2) is 24.3 Å². The first-order valence-corrected chi connectivity index (χ1v) is 5.43. The van der Waals surface area contributed by atoms with E-state index in [4.69, 9.17) is 4.74 Å². The van der Waals surface area contributed by atoms with Crippen LogP contribution in [0.4, 0.5) is 0 Å². The van der Waals surface area contributed by atoms with Gasteiger partial charge in [0.2, 0.25) is 0 Å². The Morgan fingerprint density at radius 3 is 2.41 bits per heavy atom. The Hall–Kier alpha value is 0.342. The Kier molecular flexibility index (Phi) is 6.39. The van der Waals surface area contributed by atoms with E-state index in [9.17, 15) is 10.2 Å². The molecule has 0 aliphatic carbocycles.